The van der Waals surface area contributed by atoms with Crippen molar-refractivity contribution in [1.29, 1.82) is 0 Å². The molecule has 1 saturated heterocycles. The van der Waals surface area contributed by atoms with Crippen LogP contribution in [0.3, 0.4) is 0 Å². The Labute approximate surface area is 171 Å². The molecule has 154 valence electrons. The van der Waals surface area contributed by atoms with Crippen molar-refractivity contribution in [1.82, 2.24) is 29.9 Å². The van der Waals surface area contributed by atoms with E-state index in [9.17, 15) is 4.79 Å². The number of carbonyl (C=O) groups excluding carboxylic acids is 1. The van der Waals surface area contributed by atoms with Gasteiger partial charge >= 0.3 is 0 Å². The van der Waals surface area contributed by atoms with Crippen molar-refractivity contribution < 1.29 is 4.79 Å². The molecule has 1 fully saturated rings. The van der Waals surface area contributed by atoms with E-state index < -0.39 is 6.04 Å². The van der Waals surface area contributed by atoms with Gasteiger partial charge in [-0.05, 0) is 39.5 Å². The molecule has 0 radical (unpaired) electrons. The predicted molar refractivity (Wildman–Crippen MR) is 108 cm³/mol. The molecule has 0 aliphatic carbocycles. The largest absolute Gasteiger partial charge is 0.341 e. The lowest BCUT2D eigenvalue weighted by Gasteiger charge is -2.33. The van der Waals surface area contributed by atoms with Gasteiger partial charge in [-0.3, -0.25) is 9.89 Å². The van der Waals surface area contributed by atoms with Gasteiger partial charge in [-0.2, -0.15) is 5.10 Å². The summed E-state index contributed by atoms with van der Waals surface area (Å²) in [6.45, 7) is 6.26. The maximum absolute atomic E-state index is 12.9. The maximum Gasteiger partial charge on any atom is 0.244 e. The van der Waals surface area contributed by atoms with Crippen molar-refractivity contribution in [3.05, 3.63) is 28.6 Å². The van der Waals surface area contributed by atoms with Crippen molar-refractivity contribution in [2.24, 2.45) is 5.73 Å². The van der Waals surface area contributed by atoms with Crippen LogP contribution in [-0.2, 0) is 17.8 Å². The Morgan fingerprint density at radius 2 is 1.89 bits per heavy atom. The number of rotatable bonds is 3. The van der Waals surface area contributed by atoms with Gasteiger partial charge in [-0.25, -0.2) is 0 Å². The number of aromatic nitrogens is 5. The van der Waals surface area contributed by atoms with Crippen LogP contribution in [0.2, 0.25) is 0 Å². The third-order valence-corrected chi connectivity index (χ3v) is 6.07. The van der Waals surface area contributed by atoms with E-state index >= 15 is 0 Å². The Morgan fingerprint density at radius 3 is 2.57 bits per heavy atom. The molecular formula is C19H30ClN7O. The highest BCUT2D eigenvalue weighted by atomic mass is 35.5. The zero-order valence-corrected chi connectivity index (χ0v) is 17.5. The summed E-state index contributed by atoms with van der Waals surface area (Å²) in [5.41, 5.74) is 8.77. The van der Waals surface area contributed by atoms with Crippen LogP contribution in [0.5, 0.6) is 0 Å². The molecule has 0 bridgehead atoms. The minimum atomic E-state index is -0.648. The molecule has 0 aromatic carbocycles. The van der Waals surface area contributed by atoms with Crippen molar-refractivity contribution in [3.8, 4) is 0 Å². The van der Waals surface area contributed by atoms with Gasteiger partial charge in [0.05, 0.1) is 5.69 Å². The van der Waals surface area contributed by atoms with Gasteiger partial charge in [0.1, 0.15) is 17.7 Å². The quantitative estimate of drug-likeness (QED) is 0.811. The normalized spacial score (nSPS) is 18.9. The molecule has 1 atom stereocenters. The van der Waals surface area contributed by atoms with Crippen molar-refractivity contribution in [3.63, 3.8) is 0 Å². The van der Waals surface area contributed by atoms with Crippen molar-refractivity contribution in [2.75, 3.05) is 13.1 Å². The molecule has 1 amide bonds. The minimum absolute atomic E-state index is 0. The Hall–Kier alpha value is -1.93. The number of likely N-dealkylation sites (tertiary alicyclic amines) is 1. The number of hydrogen-bond donors (Lipinski definition) is 2. The summed E-state index contributed by atoms with van der Waals surface area (Å²) >= 11 is 0. The highest BCUT2D eigenvalue weighted by Gasteiger charge is 2.32. The first-order chi connectivity index (χ1) is 13.1. The Bertz CT molecular complexity index is 803. The summed E-state index contributed by atoms with van der Waals surface area (Å²) < 4.78 is 2.33. The van der Waals surface area contributed by atoms with Crippen LogP contribution < -0.4 is 5.73 Å². The first-order valence-electron chi connectivity index (χ1n) is 10.0. The third-order valence-electron chi connectivity index (χ3n) is 6.07. The fourth-order valence-electron chi connectivity index (χ4n) is 4.51. The highest BCUT2D eigenvalue weighted by Crippen LogP contribution is 2.30. The van der Waals surface area contributed by atoms with Crippen LogP contribution in [0.25, 0.3) is 0 Å². The molecule has 2 aromatic rings. The number of nitrogens with two attached hydrogens (primary N) is 1. The third kappa shape index (κ3) is 3.80. The zero-order chi connectivity index (χ0) is 19.0. The highest BCUT2D eigenvalue weighted by molar-refractivity contribution is 5.85. The summed E-state index contributed by atoms with van der Waals surface area (Å²) in [4.78, 5) is 14.8. The van der Waals surface area contributed by atoms with E-state index in [-0.39, 0.29) is 18.3 Å². The number of nitrogens with zero attached hydrogens (tertiary/aromatic N) is 5. The summed E-state index contributed by atoms with van der Waals surface area (Å²) in [5, 5.41) is 16.0. The van der Waals surface area contributed by atoms with Gasteiger partial charge in [0.2, 0.25) is 5.91 Å². The predicted octanol–water partition coefficient (Wildman–Crippen LogP) is 2.17. The van der Waals surface area contributed by atoms with Gasteiger partial charge in [-0.1, -0.05) is 6.42 Å². The molecule has 2 aliphatic rings. The monoisotopic (exact) mass is 407 g/mol. The molecule has 9 heteroatoms. The molecule has 8 nitrogen and oxygen atoms in total. The molecule has 28 heavy (non-hydrogen) atoms. The maximum atomic E-state index is 12.9. The van der Waals surface area contributed by atoms with E-state index in [0.29, 0.717) is 5.92 Å². The minimum Gasteiger partial charge on any atom is -0.341 e. The van der Waals surface area contributed by atoms with E-state index in [1.54, 1.807) is 0 Å². The van der Waals surface area contributed by atoms with Crippen molar-refractivity contribution in [2.45, 2.75) is 70.9 Å². The second-order valence-electron chi connectivity index (χ2n) is 7.86. The number of nitrogens with one attached hydrogen (secondary N) is 1. The van der Waals surface area contributed by atoms with Gasteiger partial charge in [0.25, 0.3) is 0 Å². The number of aromatic amines is 1. The van der Waals surface area contributed by atoms with Gasteiger partial charge in [0, 0.05) is 43.2 Å². The SMILES string of the molecule is Cc1n[nH]c(C)c1C(N)C(=O)N1CCC(c2nnc3n2CCCCC3)CC1.Cl. The van der Waals surface area contributed by atoms with E-state index in [1.807, 2.05) is 18.7 Å². The van der Waals surface area contributed by atoms with Crippen LogP contribution in [0.1, 0.15) is 72.7 Å². The van der Waals surface area contributed by atoms with Crippen molar-refractivity contribution >= 4 is 18.3 Å². The van der Waals surface area contributed by atoms with E-state index in [2.05, 4.69) is 25.0 Å². The number of aryl methyl sites for hydroxylation is 3. The molecule has 4 heterocycles. The van der Waals surface area contributed by atoms with Crippen LogP contribution in [0, 0.1) is 13.8 Å². The Morgan fingerprint density at radius 1 is 1.14 bits per heavy atom. The first-order valence-corrected chi connectivity index (χ1v) is 10.0. The fraction of sp³-hybridized carbons (Fsp3) is 0.684. The summed E-state index contributed by atoms with van der Waals surface area (Å²) in [5.74, 6) is 2.61. The molecular weight excluding hydrogens is 378 g/mol. The van der Waals surface area contributed by atoms with E-state index in [0.717, 1.165) is 67.5 Å². The Kier molecular flexibility index (Phi) is 6.40. The van der Waals surface area contributed by atoms with Gasteiger partial charge < -0.3 is 15.2 Å². The number of fused-ring (bicyclic) bond motifs is 1. The van der Waals surface area contributed by atoms with Crippen LogP contribution in [0.15, 0.2) is 0 Å². The molecule has 0 spiro atoms. The smallest absolute Gasteiger partial charge is 0.244 e. The second kappa shape index (κ2) is 8.61. The van der Waals surface area contributed by atoms with E-state index in [4.69, 9.17) is 5.73 Å². The zero-order valence-electron chi connectivity index (χ0n) is 16.6. The van der Waals surface area contributed by atoms with Crippen LogP contribution >= 0.6 is 12.4 Å². The lowest BCUT2D eigenvalue weighted by Crippen LogP contribution is -2.43. The number of carbonyl (C=O) groups is 1. The second-order valence-corrected chi connectivity index (χ2v) is 7.86. The number of H-pyrrole nitrogens is 1. The van der Waals surface area contributed by atoms with Crippen LogP contribution in [-0.4, -0.2) is 48.9 Å². The molecule has 1 unspecified atom stereocenters. The summed E-state index contributed by atoms with van der Waals surface area (Å²) in [6.07, 6.45) is 6.53. The molecule has 0 saturated carbocycles. The van der Waals surface area contributed by atoms with E-state index in [1.165, 1.54) is 19.3 Å². The number of piperidine rings is 1. The standard InChI is InChI=1S/C19H29N7O.ClH/c1-12-16(13(2)22-21-12)17(20)19(27)25-10-7-14(8-11-25)18-24-23-15-6-4-3-5-9-26(15)18;/h14,17H,3-11,20H2,1-2H3,(H,21,22);1H. The summed E-state index contributed by atoms with van der Waals surface area (Å²) in [7, 11) is 0. The van der Waals surface area contributed by atoms with Crippen LogP contribution in [0.4, 0.5) is 0 Å². The molecule has 2 aliphatic heterocycles. The Balaban J connectivity index is 0.00000225. The molecule has 3 N–H and O–H groups in total. The van der Waals surface area contributed by atoms with Gasteiger partial charge in [-0.15, -0.1) is 22.6 Å². The first kappa shape index (κ1) is 20.8. The number of amides is 1. The molecule has 2 aromatic heterocycles. The topological polar surface area (TPSA) is 106 Å². The molecule has 4 rings (SSSR count). The lowest BCUT2D eigenvalue weighted by molar-refractivity contribution is -0.133. The lowest BCUT2D eigenvalue weighted by atomic mass is 9.94. The number of hydrogen-bond acceptors (Lipinski definition) is 5. The average Bonchev–Trinajstić information content (AvgIpc) is 3.14. The fourth-order valence-corrected chi connectivity index (χ4v) is 4.51. The average molecular weight is 408 g/mol. The summed E-state index contributed by atoms with van der Waals surface area (Å²) in [6, 6.07) is -0.648. The van der Waals surface area contributed by atoms with Gasteiger partial charge in [0.15, 0.2) is 0 Å². The number of halogens is 1.